The van der Waals surface area contributed by atoms with Crippen LogP contribution < -0.4 is 14.5 Å². The van der Waals surface area contributed by atoms with Crippen LogP contribution in [0.15, 0.2) is 30.5 Å². The maximum atomic E-state index is 14.6. The van der Waals surface area contributed by atoms with Crippen LogP contribution in [-0.2, 0) is 0 Å². The van der Waals surface area contributed by atoms with Gasteiger partial charge in [-0.1, -0.05) is 0 Å². The lowest BCUT2D eigenvalue weighted by molar-refractivity contribution is -0.00507. The lowest BCUT2D eigenvalue weighted by atomic mass is 9.83. The van der Waals surface area contributed by atoms with Crippen LogP contribution in [0, 0.1) is 5.82 Å². The van der Waals surface area contributed by atoms with Gasteiger partial charge in [0.2, 0.25) is 5.95 Å². The largest absolute Gasteiger partial charge is 0.497 e. The highest BCUT2D eigenvalue weighted by molar-refractivity contribution is 5.93. The normalized spacial score (nSPS) is 26.6. The molecule has 194 valence electrons. The van der Waals surface area contributed by atoms with Gasteiger partial charge < -0.3 is 24.5 Å². The number of nitrogens with zero attached hydrogens (tertiary/aromatic N) is 5. The summed E-state index contributed by atoms with van der Waals surface area (Å²) in [7, 11) is 1.53. The van der Waals surface area contributed by atoms with Gasteiger partial charge in [-0.2, -0.15) is 0 Å². The average molecular weight is 498 g/mol. The Labute approximate surface area is 212 Å². The molecule has 1 amide bonds. The summed E-state index contributed by atoms with van der Waals surface area (Å²) in [6, 6.07) is 7.08. The number of carbonyl (C=O) groups is 1. The van der Waals surface area contributed by atoms with Crippen molar-refractivity contribution in [3.05, 3.63) is 42.0 Å². The molecule has 8 nitrogen and oxygen atoms in total. The number of hydrogen-bond donors (Lipinski definition) is 1. The third-order valence-electron chi connectivity index (χ3n) is 7.84. The number of rotatable bonds is 6. The zero-order valence-electron chi connectivity index (χ0n) is 21.4. The highest BCUT2D eigenvalue weighted by Gasteiger charge is 2.41. The molecular formula is C27H36FN5O3. The number of methoxy groups -OCH3 is 1. The molecule has 36 heavy (non-hydrogen) atoms. The van der Waals surface area contributed by atoms with Gasteiger partial charge in [-0.05, 0) is 70.6 Å². The third-order valence-corrected chi connectivity index (χ3v) is 7.84. The molecule has 0 spiro atoms. The lowest BCUT2D eigenvalue weighted by Gasteiger charge is -2.41. The van der Waals surface area contributed by atoms with Crippen LogP contribution in [0.1, 0.15) is 62.9 Å². The van der Waals surface area contributed by atoms with Gasteiger partial charge in [0.05, 0.1) is 18.4 Å². The van der Waals surface area contributed by atoms with E-state index in [9.17, 15) is 14.3 Å². The number of carbonyl (C=O) groups excluding carboxylic acids is 1. The number of piperazine rings is 1. The van der Waals surface area contributed by atoms with Gasteiger partial charge in [0.15, 0.2) is 0 Å². The van der Waals surface area contributed by atoms with Gasteiger partial charge in [0, 0.05) is 50.0 Å². The number of amides is 1. The van der Waals surface area contributed by atoms with Gasteiger partial charge >= 0.3 is 0 Å². The molecule has 5 rings (SSSR count). The molecule has 3 fully saturated rings. The minimum absolute atomic E-state index is 0.0331. The molecule has 1 saturated heterocycles. The van der Waals surface area contributed by atoms with E-state index in [1.54, 1.807) is 24.4 Å². The molecule has 1 aromatic heterocycles. The molecule has 0 unspecified atom stereocenters. The fourth-order valence-corrected chi connectivity index (χ4v) is 5.57. The zero-order chi connectivity index (χ0) is 25.4. The SMILES string of the molecule is COc1ccc(N2CCN(c3nccc(C(=O)N(C4CC4)C4CCC(C)(O)CC4)n3)[C@H](C)C2)c(F)c1. The van der Waals surface area contributed by atoms with E-state index in [0.717, 1.165) is 25.7 Å². The molecule has 2 heterocycles. The molecule has 2 aliphatic carbocycles. The minimum Gasteiger partial charge on any atom is -0.497 e. The maximum absolute atomic E-state index is 14.6. The Bertz CT molecular complexity index is 1100. The Kier molecular flexibility index (Phi) is 6.76. The highest BCUT2D eigenvalue weighted by Crippen LogP contribution is 2.37. The van der Waals surface area contributed by atoms with Crippen LogP contribution in [0.25, 0.3) is 0 Å². The number of aromatic nitrogens is 2. The number of ether oxygens (including phenoxy) is 1. The van der Waals surface area contributed by atoms with Crippen LogP contribution in [0.2, 0.25) is 0 Å². The van der Waals surface area contributed by atoms with Crippen molar-refractivity contribution >= 4 is 17.5 Å². The van der Waals surface area contributed by atoms with Crippen molar-refractivity contribution in [2.24, 2.45) is 0 Å². The van der Waals surface area contributed by atoms with E-state index in [1.165, 1.54) is 13.2 Å². The molecular weight excluding hydrogens is 461 g/mol. The van der Waals surface area contributed by atoms with Gasteiger partial charge in [0.25, 0.3) is 5.91 Å². The summed E-state index contributed by atoms with van der Waals surface area (Å²) < 4.78 is 19.8. The Balaban J connectivity index is 1.29. The summed E-state index contributed by atoms with van der Waals surface area (Å²) in [5, 5.41) is 10.4. The van der Waals surface area contributed by atoms with Gasteiger partial charge in [-0.3, -0.25) is 4.79 Å². The first-order chi connectivity index (χ1) is 17.3. The Hall–Kier alpha value is -2.94. The Morgan fingerprint density at radius 3 is 2.53 bits per heavy atom. The van der Waals surface area contributed by atoms with E-state index in [1.807, 2.05) is 16.7 Å². The molecule has 0 bridgehead atoms. The predicted octanol–water partition coefficient (Wildman–Crippen LogP) is 3.64. The topological polar surface area (TPSA) is 82.0 Å². The summed E-state index contributed by atoms with van der Waals surface area (Å²) in [6.45, 7) is 5.80. The fourth-order valence-electron chi connectivity index (χ4n) is 5.57. The molecule has 9 heteroatoms. The van der Waals surface area contributed by atoms with Gasteiger partial charge in [0.1, 0.15) is 17.3 Å². The van der Waals surface area contributed by atoms with Crippen molar-refractivity contribution in [3.8, 4) is 5.75 Å². The maximum Gasteiger partial charge on any atom is 0.273 e. The van der Waals surface area contributed by atoms with Gasteiger partial charge in [-0.25, -0.2) is 14.4 Å². The highest BCUT2D eigenvalue weighted by atomic mass is 19.1. The van der Waals surface area contributed by atoms with Gasteiger partial charge in [-0.15, -0.1) is 0 Å². The number of benzene rings is 1. The number of anilines is 2. The molecule has 2 aromatic rings. The summed E-state index contributed by atoms with van der Waals surface area (Å²) >= 11 is 0. The van der Waals surface area contributed by atoms with Crippen LogP contribution in [0.5, 0.6) is 5.75 Å². The first kappa shape index (κ1) is 24.7. The third kappa shape index (κ3) is 5.12. The van der Waals surface area contributed by atoms with Crippen molar-refractivity contribution in [1.29, 1.82) is 0 Å². The second-order valence-corrected chi connectivity index (χ2v) is 10.7. The molecule has 1 aromatic carbocycles. The van der Waals surface area contributed by atoms with E-state index in [2.05, 4.69) is 16.8 Å². The first-order valence-electron chi connectivity index (χ1n) is 13.0. The summed E-state index contributed by atoms with van der Waals surface area (Å²) in [5.41, 5.74) is 0.336. The summed E-state index contributed by atoms with van der Waals surface area (Å²) in [5.74, 6) is 0.685. The van der Waals surface area contributed by atoms with Crippen LogP contribution >= 0.6 is 0 Å². The predicted molar refractivity (Wildman–Crippen MR) is 136 cm³/mol. The Morgan fingerprint density at radius 2 is 1.89 bits per heavy atom. The molecule has 3 aliphatic rings. The first-order valence-corrected chi connectivity index (χ1v) is 13.0. The fraction of sp³-hybridized carbons (Fsp3) is 0.593. The molecule has 2 saturated carbocycles. The van der Waals surface area contributed by atoms with E-state index in [4.69, 9.17) is 9.72 Å². The smallest absolute Gasteiger partial charge is 0.273 e. The van der Waals surface area contributed by atoms with Crippen molar-refractivity contribution in [3.63, 3.8) is 0 Å². The minimum atomic E-state index is -0.635. The molecule has 0 radical (unpaired) electrons. The summed E-state index contributed by atoms with van der Waals surface area (Å²) in [4.78, 5) is 29.0. The number of hydrogen-bond acceptors (Lipinski definition) is 7. The summed E-state index contributed by atoms with van der Waals surface area (Å²) in [6.07, 6.45) is 6.76. The van der Waals surface area contributed by atoms with Crippen molar-refractivity contribution < 1.29 is 19.0 Å². The standard InChI is InChI=1S/C27H36FN5O3/c1-18-17-31(24-7-6-21(36-3)16-22(24)28)14-15-32(18)26-29-13-10-23(30-26)25(34)33(19-4-5-19)20-8-11-27(2,35)12-9-20/h6-7,10,13,16,18-20,35H,4-5,8-9,11-12,14-15,17H2,1-3H3/t18-,20?,27?/m1/s1. The number of halogens is 1. The molecule has 1 N–H and O–H groups in total. The molecule has 1 atom stereocenters. The van der Waals surface area contributed by atoms with Crippen molar-refractivity contribution in [2.75, 3.05) is 36.5 Å². The molecule has 1 aliphatic heterocycles. The second kappa shape index (κ2) is 9.84. The Morgan fingerprint density at radius 1 is 1.17 bits per heavy atom. The van der Waals surface area contributed by atoms with E-state index >= 15 is 0 Å². The monoisotopic (exact) mass is 497 g/mol. The zero-order valence-corrected chi connectivity index (χ0v) is 21.4. The van der Waals surface area contributed by atoms with E-state index in [-0.39, 0.29) is 29.8 Å². The van der Waals surface area contributed by atoms with Crippen molar-refractivity contribution in [1.82, 2.24) is 14.9 Å². The quantitative estimate of drug-likeness (QED) is 0.653. The van der Waals surface area contributed by atoms with Crippen LogP contribution in [0.3, 0.4) is 0 Å². The average Bonchev–Trinajstić information content (AvgIpc) is 3.70. The lowest BCUT2D eigenvalue weighted by Crippen LogP contribution is -2.53. The second-order valence-electron chi connectivity index (χ2n) is 10.7. The van der Waals surface area contributed by atoms with E-state index in [0.29, 0.717) is 55.6 Å². The van der Waals surface area contributed by atoms with Crippen LogP contribution in [0.4, 0.5) is 16.0 Å². The van der Waals surface area contributed by atoms with Crippen LogP contribution in [-0.4, -0.2) is 76.4 Å². The van der Waals surface area contributed by atoms with Crippen molar-refractivity contribution in [2.45, 2.75) is 76.1 Å². The number of aliphatic hydroxyl groups is 1. The van der Waals surface area contributed by atoms with E-state index < -0.39 is 5.60 Å².